The monoisotopic (exact) mass is 300 g/mol. The predicted molar refractivity (Wildman–Crippen MR) is 70.0 cm³/mol. The number of methoxy groups -OCH3 is 1. The minimum atomic E-state index is -1.00. The van der Waals surface area contributed by atoms with Crippen LogP contribution < -0.4 is 14.2 Å². The van der Waals surface area contributed by atoms with Crippen LogP contribution >= 0.6 is 11.6 Å². The normalized spacial score (nSPS) is 12.8. The van der Waals surface area contributed by atoms with Gasteiger partial charge in [-0.05, 0) is 6.92 Å². The van der Waals surface area contributed by atoms with Gasteiger partial charge in [-0.15, -0.1) is 0 Å². The third-order valence-corrected chi connectivity index (χ3v) is 3.02. The molecule has 1 aliphatic heterocycles. The third kappa shape index (κ3) is 2.51. The molecule has 1 heterocycles. The van der Waals surface area contributed by atoms with Crippen LogP contribution in [0.2, 0.25) is 5.02 Å². The summed E-state index contributed by atoms with van der Waals surface area (Å²) in [4.78, 5) is 23.8. The minimum Gasteiger partial charge on any atom is -0.495 e. The molecule has 0 N–H and O–H groups in total. The van der Waals surface area contributed by atoms with Gasteiger partial charge in [0.2, 0.25) is 0 Å². The molecule has 2 rings (SSSR count). The van der Waals surface area contributed by atoms with Crippen molar-refractivity contribution in [3.63, 3.8) is 0 Å². The molecular formula is C13H13ClO6. The zero-order valence-electron chi connectivity index (χ0n) is 11.0. The summed E-state index contributed by atoms with van der Waals surface area (Å²) in [7, 11) is 1.40. The number of carbonyl (C=O) groups excluding carboxylic acids is 2. The van der Waals surface area contributed by atoms with Crippen molar-refractivity contribution in [1.29, 1.82) is 0 Å². The Morgan fingerprint density at radius 3 is 2.70 bits per heavy atom. The van der Waals surface area contributed by atoms with Gasteiger partial charge >= 0.3 is 5.97 Å². The second kappa shape index (κ2) is 6.00. The number of rotatable bonds is 4. The van der Waals surface area contributed by atoms with Gasteiger partial charge < -0.3 is 18.9 Å². The molecule has 1 aromatic rings. The number of fused-ring (bicyclic) bond motifs is 1. The van der Waals surface area contributed by atoms with Gasteiger partial charge in [0, 0.05) is 6.07 Å². The number of halogens is 1. The van der Waals surface area contributed by atoms with Crippen molar-refractivity contribution >= 4 is 23.4 Å². The topological polar surface area (TPSA) is 71.1 Å². The summed E-state index contributed by atoms with van der Waals surface area (Å²) in [5, 5.41) is -0.00481. The molecule has 0 spiro atoms. The number of ether oxygens (including phenoxy) is 4. The van der Waals surface area contributed by atoms with Crippen molar-refractivity contribution in [2.24, 2.45) is 0 Å². The van der Waals surface area contributed by atoms with Gasteiger partial charge in [0.25, 0.3) is 5.78 Å². The van der Waals surface area contributed by atoms with E-state index in [0.717, 1.165) is 0 Å². The van der Waals surface area contributed by atoms with Crippen LogP contribution in [0.5, 0.6) is 17.2 Å². The van der Waals surface area contributed by atoms with Crippen molar-refractivity contribution in [2.75, 3.05) is 26.9 Å². The lowest BCUT2D eigenvalue weighted by Crippen LogP contribution is -2.23. The number of carbonyl (C=O) groups is 2. The molecule has 0 aliphatic carbocycles. The highest BCUT2D eigenvalue weighted by atomic mass is 35.5. The van der Waals surface area contributed by atoms with E-state index >= 15 is 0 Å². The fourth-order valence-corrected chi connectivity index (χ4v) is 2.09. The fourth-order valence-electron chi connectivity index (χ4n) is 1.79. The van der Waals surface area contributed by atoms with Crippen molar-refractivity contribution in [2.45, 2.75) is 6.92 Å². The number of esters is 1. The highest BCUT2D eigenvalue weighted by Crippen LogP contribution is 2.44. The molecule has 0 radical (unpaired) electrons. The number of benzene rings is 1. The Morgan fingerprint density at radius 2 is 2.05 bits per heavy atom. The molecule has 0 saturated carbocycles. The molecule has 0 fully saturated rings. The lowest BCUT2D eigenvalue weighted by molar-refractivity contribution is -0.137. The van der Waals surface area contributed by atoms with Crippen LogP contribution in [0.25, 0.3) is 0 Å². The van der Waals surface area contributed by atoms with E-state index in [2.05, 4.69) is 0 Å². The van der Waals surface area contributed by atoms with E-state index < -0.39 is 11.8 Å². The van der Waals surface area contributed by atoms with Gasteiger partial charge in [-0.3, -0.25) is 4.79 Å². The van der Waals surface area contributed by atoms with E-state index in [1.807, 2.05) is 0 Å². The van der Waals surface area contributed by atoms with Crippen molar-refractivity contribution in [3.8, 4) is 17.2 Å². The fraction of sp³-hybridized carbons (Fsp3) is 0.385. The molecule has 1 aliphatic rings. The Kier molecular flexibility index (Phi) is 4.34. The van der Waals surface area contributed by atoms with Gasteiger partial charge in [-0.2, -0.15) is 0 Å². The van der Waals surface area contributed by atoms with E-state index in [9.17, 15) is 9.59 Å². The maximum Gasteiger partial charge on any atom is 0.379 e. The third-order valence-electron chi connectivity index (χ3n) is 2.64. The van der Waals surface area contributed by atoms with Crippen LogP contribution in [0.3, 0.4) is 0 Å². The van der Waals surface area contributed by atoms with Crippen LogP contribution in [-0.4, -0.2) is 38.7 Å². The molecule has 20 heavy (non-hydrogen) atoms. The van der Waals surface area contributed by atoms with E-state index in [4.69, 9.17) is 30.5 Å². The van der Waals surface area contributed by atoms with E-state index in [0.29, 0.717) is 12.4 Å². The van der Waals surface area contributed by atoms with E-state index in [1.165, 1.54) is 13.2 Å². The number of hydrogen-bond donors (Lipinski definition) is 0. The Balaban J connectivity index is 2.54. The van der Waals surface area contributed by atoms with Gasteiger partial charge in [0.05, 0.1) is 24.3 Å². The Morgan fingerprint density at radius 1 is 1.35 bits per heavy atom. The number of hydrogen-bond acceptors (Lipinski definition) is 6. The maximum atomic E-state index is 12.1. The maximum absolute atomic E-state index is 12.1. The first kappa shape index (κ1) is 14.5. The summed E-state index contributed by atoms with van der Waals surface area (Å²) in [6.07, 6.45) is 0. The molecule has 108 valence electrons. The standard InChI is InChI=1S/C13H13ClO6/c1-3-18-13(16)11(15)9-10(14)7(17-2)6-8-12(9)20-5-4-19-8/h6H,3-5H2,1-2H3. The summed E-state index contributed by atoms with van der Waals surface area (Å²) in [6, 6.07) is 1.51. The van der Waals surface area contributed by atoms with Crippen molar-refractivity contribution < 1.29 is 28.5 Å². The summed E-state index contributed by atoms with van der Waals surface area (Å²) >= 11 is 6.10. The highest BCUT2D eigenvalue weighted by Gasteiger charge is 2.31. The lowest BCUT2D eigenvalue weighted by atomic mass is 10.1. The molecule has 0 saturated heterocycles. The first-order chi connectivity index (χ1) is 9.60. The van der Waals surface area contributed by atoms with Gasteiger partial charge in [-0.1, -0.05) is 11.6 Å². The van der Waals surface area contributed by atoms with Crippen LogP contribution in [0, 0.1) is 0 Å². The lowest BCUT2D eigenvalue weighted by Gasteiger charge is -2.22. The smallest absolute Gasteiger partial charge is 0.379 e. The van der Waals surface area contributed by atoms with Gasteiger partial charge in [0.1, 0.15) is 19.0 Å². The van der Waals surface area contributed by atoms with Crippen molar-refractivity contribution in [1.82, 2.24) is 0 Å². The second-order valence-electron chi connectivity index (χ2n) is 3.84. The summed E-state index contributed by atoms with van der Waals surface area (Å²) < 4.78 is 20.5. The quantitative estimate of drug-likeness (QED) is 0.480. The Labute approximate surface area is 120 Å². The van der Waals surface area contributed by atoms with E-state index in [1.54, 1.807) is 6.92 Å². The van der Waals surface area contributed by atoms with E-state index in [-0.39, 0.29) is 35.3 Å². The zero-order chi connectivity index (χ0) is 14.7. The summed E-state index contributed by atoms with van der Waals surface area (Å²) in [5.74, 6) is -1.22. The predicted octanol–water partition coefficient (Wildman–Crippen LogP) is 1.87. The molecule has 6 nitrogen and oxygen atoms in total. The van der Waals surface area contributed by atoms with Crippen LogP contribution in [-0.2, 0) is 9.53 Å². The molecule has 0 aromatic heterocycles. The molecule has 0 atom stereocenters. The molecule has 0 unspecified atom stereocenters. The number of ketones is 1. The van der Waals surface area contributed by atoms with Gasteiger partial charge in [-0.25, -0.2) is 4.79 Å². The minimum absolute atomic E-state index is 0.00481. The average Bonchev–Trinajstić information content (AvgIpc) is 2.46. The molecular weight excluding hydrogens is 288 g/mol. The van der Waals surface area contributed by atoms with Crippen molar-refractivity contribution in [3.05, 3.63) is 16.7 Å². The zero-order valence-corrected chi connectivity index (χ0v) is 11.8. The molecule has 1 aromatic carbocycles. The largest absolute Gasteiger partial charge is 0.495 e. The molecule has 0 bridgehead atoms. The molecule has 7 heteroatoms. The Hall–Kier alpha value is -1.95. The first-order valence-corrected chi connectivity index (χ1v) is 6.35. The average molecular weight is 301 g/mol. The van der Waals surface area contributed by atoms with Crippen LogP contribution in [0.1, 0.15) is 17.3 Å². The number of Topliss-reactive ketones (excluding diaryl/α,β-unsaturated/α-hetero) is 1. The molecule has 0 amide bonds. The van der Waals surface area contributed by atoms with Gasteiger partial charge in [0.15, 0.2) is 11.5 Å². The SMILES string of the molecule is CCOC(=O)C(=O)c1c(Cl)c(OC)cc2c1OCCO2. The second-order valence-corrected chi connectivity index (χ2v) is 4.22. The van der Waals surface area contributed by atoms with Crippen LogP contribution in [0.4, 0.5) is 0 Å². The van der Waals surface area contributed by atoms with Crippen LogP contribution in [0.15, 0.2) is 6.07 Å². The first-order valence-electron chi connectivity index (χ1n) is 5.97. The Bertz CT molecular complexity index is 554. The highest BCUT2D eigenvalue weighted by molar-refractivity contribution is 6.47. The summed E-state index contributed by atoms with van der Waals surface area (Å²) in [6.45, 7) is 2.29. The summed E-state index contributed by atoms with van der Waals surface area (Å²) in [5.41, 5.74) is -0.0980.